The van der Waals surface area contributed by atoms with Gasteiger partial charge in [-0.05, 0) is 37.5 Å². The molecule has 3 rings (SSSR count). The zero-order chi connectivity index (χ0) is 21.5. The molecule has 1 heterocycles. The van der Waals surface area contributed by atoms with E-state index in [0.29, 0.717) is 37.9 Å². The lowest BCUT2D eigenvalue weighted by Crippen LogP contribution is -2.53. The lowest BCUT2D eigenvalue weighted by Gasteiger charge is -2.33. The van der Waals surface area contributed by atoms with Gasteiger partial charge in [-0.1, -0.05) is 48.0 Å². The molecule has 2 aromatic carbocycles. The monoisotopic (exact) mass is 407 g/mol. The van der Waals surface area contributed by atoms with Crippen LogP contribution in [0.2, 0.25) is 0 Å². The zero-order valence-electron chi connectivity index (χ0n) is 17.6. The number of likely N-dealkylation sites (tertiary alicyclic amines) is 1. The SMILES string of the molecule is CC(=O)N[C@H](Cc1cccc(C)c1)C(=O)NC1CCN(C(=O)c2ccccc2)CC1. The standard InChI is InChI=1S/C24H29N3O3/c1-17-7-6-8-19(15-17)16-22(25-18(2)28)23(29)26-21-11-13-27(14-12-21)24(30)20-9-4-3-5-10-20/h3-10,15,21-22H,11-14,16H2,1-2H3,(H,25,28)(H,26,29)/t22-/m1/s1. The molecule has 0 aliphatic carbocycles. The van der Waals surface area contributed by atoms with Crippen molar-refractivity contribution in [2.45, 2.75) is 45.2 Å². The first-order valence-electron chi connectivity index (χ1n) is 10.4. The highest BCUT2D eigenvalue weighted by Crippen LogP contribution is 2.15. The van der Waals surface area contributed by atoms with Crippen LogP contribution in [0.5, 0.6) is 0 Å². The summed E-state index contributed by atoms with van der Waals surface area (Å²) in [6.07, 6.45) is 1.83. The fourth-order valence-corrected chi connectivity index (χ4v) is 3.82. The summed E-state index contributed by atoms with van der Waals surface area (Å²) in [5, 5.41) is 5.84. The predicted molar refractivity (Wildman–Crippen MR) is 116 cm³/mol. The average molecular weight is 408 g/mol. The molecule has 6 nitrogen and oxygen atoms in total. The Morgan fingerprint density at radius 1 is 1.03 bits per heavy atom. The highest BCUT2D eigenvalue weighted by Gasteiger charge is 2.27. The van der Waals surface area contributed by atoms with Crippen molar-refractivity contribution in [3.8, 4) is 0 Å². The number of nitrogens with zero attached hydrogens (tertiary/aromatic N) is 1. The first-order chi connectivity index (χ1) is 14.4. The summed E-state index contributed by atoms with van der Waals surface area (Å²) in [7, 11) is 0. The molecule has 158 valence electrons. The van der Waals surface area contributed by atoms with Crippen LogP contribution in [-0.4, -0.2) is 47.8 Å². The van der Waals surface area contributed by atoms with Gasteiger partial charge in [-0.3, -0.25) is 14.4 Å². The second kappa shape index (κ2) is 10.1. The quantitative estimate of drug-likeness (QED) is 0.772. The van der Waals surface area contributed by atoms with E-state index in [1.54, 1.807) is 0 Å². The van der Waals surface area contributed by atoms with E-state index in [1.165, 1.54) is 6.92 Å². The van der Waals surface area contributed by atoms with Gasteiger partial charge in [0.15, 0.2) is 0 Å². The summed E-state index contributed by atoms with van der Waals surface area (Å²) in [4.78, 5) is 38.9. The number of nitrogens with one attached hydrogen (secondary N) is 2. The van der Waals surface area contributed by atoms with E-state index < -0.39 is 6.04 Å². The molecule has 0 unspecified atom stereocenters. The van der Waals surface area contributed by atoms with Crippen LogP contribution in [0.25, 0.3) is 0 Å². The summed E-state index contributed by atoms with van der Waals surface area (Å²) in [5.74, 6) is -0.387. The second-order valence-corrected chi connectivity index (χ2v) is 7.89. The number of amides is 3. The summed E-state index contributed by atoms with van der Waals surface area (Å²) in [5.41, 5.74) is 2.81. The molecule has 1 aliphatic rings. The maximum Gasteiger partial charge on any atom is 0.253 e. The third-order valence-corrected chi connectivity index (χ3v) is 5.37. The highest BCUT2D eigenvalue weighted by molar-refractivity contribution is 5.94. The van der Waals surface area contributed by atoms with Gasteiger partial charge in [0, 0.05) is 38.0 Å². The minimum atomic E-state index is -0.617. The van der Waals surface area contributed by atoms with Crippen molar-refractivity contribution in [1.82, 2.24) is 15.5 Å². The van der Waals surface area contributed by atoms with E-state index >= 15 is 0 Å². The van der Waals surface area contributed by atoms with Gasteiger partial charge in [0.25, 0.3) is 5.91 Å². The van der Waals surface area contributed by atoms with Crippen LogP contribution in [0.3, 0.4) is 0 Å². The van der Waals surface area contributed by atoms with E-state index in [-0.39, 0.29) is 23.8 Å². The molecule has 1 atom stereocenters. The smallest absolute Gasteiger partial charge is 0.253 e. The number of carbonyl (C=O) groups is 3. The van der Waals surface area contributed by atoms with Crippen LogP contribution < -0.4 is 10.6 Å². The molecule has 1 fully saturated rings. The molecule has 0 aromatic heterocycles. The number of carbonyl (C=O) groups excluding carboxylic acids is 3. The van der Waals surface area contributed by atoms with Crippen molar-refractivity contribution in [3.63, 3.8) is 0 Å². The van der Waals surface area contributed by atoms with Crippen molar-refractivity contribution in [1.29, 1.82) is 0 Å². The van der Waals surface area contributed by atoms with Gasteiger partial charge in [0.05, 0.1) is 0 Å². The first-order valence-corrected chi connectivity index (χ1v) is 10.4. The Morgan fingerprint density at radius 2 is 1.73 bits per heavy atom. The number of rotatable bonds is 6. The lowest BCUT2D eigenvalue weighted by atomic mass is 10.0. The van der Waals surface area contributed by atoms with E-state index in [1.807, 2.05) is 66.4 Å². The number of hydrogen-bond acceptors (Lipinski definition) is 3. The van der Waals surface area contributed by atoms with Crippen LogP contribution in [-0.2, 0) is 16.0 Å². The largest absolute Gasteiger partial charge is 0.351 e. The molecule has 1 saturated heterocycles. The fraction of sp³-hybridized carbons (Fsp3) is 0.375. The molecule has 6 heteroatoms. The van der Waals surface area contributed by atoms with Gasteiger partial charge in [0.2, 0.25) is 11.8 Å². The highest BCUT2D eigenvalue weighted by atomic mass is 16.2. The van der Waals surface area contributed by atoms with Crippen molar-refractivity contribution in [2.75, 3.05) is 13.1 Å². The van der Waals surface area contributed by atoms with Crippen molar-refractivity contribution in [3.05, 3.63) is 71.3 Å². The van der Waals surface area contributed by atoms with Crippen LogP contribution in [0.1, 0.15) is 41.3 Å². The summed E-state index contributed by atoms with van der Waals surface area (Å²) in [6.45, 7) is 4.62. The Kier molecular flexibility index (Phi) is 7.22. The number of benzene rings is 2. The normalized spacial score (nSPS) is 15.3. The van der Waals surface area contributed by atoms with Gasteiger partial charge < -0.3 is 15.5 Å². The zero-order valence-corrected chi connectivity index (χ0v) is 17.6. The Bertz CT molecular complexity index is 890. The minimum absolute atomic E-state index is 0.00825. The Balaban J connectivity index is 1.56. The van der Waals surface area contributed by atoms with Crippen LogP contribution in [0, 0.1) is 6.92 Å². The molecule has 3 amide bonds. The van der Waals surface area contributed by atoms with Crippen molar-refractivity contribution < 1.29 is 14.4 Å². The molecule has 2 aromatic rings. The lowest BCUT2D eigenvalue weighted by molar-refractivity contribution is -0.128. The van der Waals surface area contributed by atoms with Gasteiger partial charge in [-0.2, -0.15) is 0 Å². The number of piperidine rings is 1. The van der Waals surface area contributed by atoms with Crippen LogP contribution >= 0.6 is 0 Å². The van der Waals surface area contributed by atoms with Gasteiger partial charge in [0.1, 0.15) is 6.04 Å². The van der Waals surface area contributed by atoms with Gasteiger partial charge in [-0.15, -0.1) is 0 Å². The number of hydrogen-bond donors (Lipinski definition) is 2. The summed E-state index contributed by atoms with van der Waals surface area (Å²) < 4.78 is 0. The average Bonchev–Trinajstić information content (AvgIpc) is 2.73. The molecule has 2 N–H and O–H groups in total. The molecule has 0 spiro atoms. The van der Waals surface area contributed by atoms with Crippen molar-refractivity contribution in [2.24, 2.45) is 0 Å². The summed E-state index contributed by atoms with van der Waals surface area (Å²) >= 11 is 0. The van der Waals surface area contributed by atoms with E-state index in [4.69, 9.17) is 0 Å². The number of aryl methyl sites for hydroxylation is 1. The van der Waals surface area contributed by atoms with Crippen LogP contribution in [0.4, 0.5) is 0 Å². The molecule has 0 radical (unpaired) electrons. The molecular formula is C24H29N3O3. The maximum absolute atomic E-state index is 12.9. The third-order valence-electron chi connectivity index (χ3n) is 5.37. The van der Waals surface area contributed by atoms with Crippen LogP contribution in [0.15, 0.2) is 54.6 Å². The minimum Gasteiger partial charge on any atom is -0.351 e. The predicted octanol–water partition coefficient (Wildman–Crippen LogP) is 2.46. The molecule has 0 bridgehead atoms. The molecular weight excluding hydrogens is 378 g/mol. The molecule has 30 heavy (non-hydrogen) atoms. The topological polar surface area (TPSA) is 78.5 Å². The van der Waals surface area contributed by atoms with Gasteiger partial charge >= 0.3 is 0 Å². The second-order valence-electron chi connectivity index (χ2n) is 7.89. The van der Waals surface area contributed by atoms with Gasteiger partial charge in [-0.25, -0.2) is 0 Å². The summed E-state index contributed by atoms with van der Waals surface area (Å²) in [6, 6.07) is 16.6. The maximum atomic E-state index is 12.9. The van der Waals surface area contributed by atoms with E-state index in [0.717, 1.165) is 11.1 Å². The van der Waals surface area contributed by atoms with E-state index in [9.17, 15) is 14.4 Å². The third kappa shape index (κ3) is 5.92. The Labute approximate surface area is 177 Å². The van der Waals surface area contributed by atoms with Crippen molar-refractivity contribution >= 4 is 17.7 Å². The first kappa shape index (κ1) is 21.6. The molecule has 0 saturated carbocycles. The Morgan fingerprint density at radius 3 is 2.37 bits per heavy atom. The Hall–Kier alpha value is -3.15. The molecule has 1 aliphatic heterocycles. The fourth-order valence-electron chi connectivity index (χ4n) is 3.82. The van der Waals surface area contributed by atoms with E-state index in [2.05, 4.69) is 10.6 Å².